The summed E-state index contributed by atoms with van der Waals surface area (Å²) in [6, 6.07) is 13.5. The van der Waals surface area contributed by atoms with Crippen molar-refractivity contribution in [2.24, 2.45) is 0 Å². The van der Waals surface area contributed by atoms with E-state index < -0.39 is 0 Å². The number of hydrogen-bond donors (Lipinski definition) is 0. The zero-order chi connectivity index (χ0) is 14.0. The Labute approximate surface area is 122 Å². The van der Waals surface area contributed by atoms with Gasteiger partial charge in [0, 0.05) is 22.8 Å². The number of anilines is 1. The van der Waals surface area contributed by atoms with E-state index in [1.54, 1.807) is 11.9 Å². The van der Waals surface area contributed by atoms with E-state index in [-0.39, 0.29) is 5.91 Å². The number of rotatable bonds is 2. The van der Waals surface area contributed by atoms with Crippen molar-refractivity contribution in [1.82, 2.24) is 0 Å². The fourth-order valence-electron chi connectivity index (χ4n) is 2.11. The highest BCUT2D eigenvalue weighted by atomic mass is 79.9. The van der Waals surface area contributed by atoms with Gasteiger partial charge >= 0.3 is 0 Å². The summed E-state index contributed by atoms with van der Waals surface area (Å²) in [5.74, 6) is -0.00625. The third-order valence-electron chi connectivity index (χ3n) is 3.09. The van der Waals surface area contributed by atoms with Crippen LogP contribution >= 0.6 is 15.9 Å². The standard InChI is InChI=1S/C16H16BrNO/c1-11-7-8-15(12(2)9-11)18(3)16(19)13-5-4-6-14(17)10-13/h4-10H,1-3H3. The van der Waals surface area contributed by atoms with Crippen molar-refractivity contribution in [3.05, 3.63) is 63.6 Å². The summed E-state index contributed by atoms with van der Waals surface area (Å²) in [6.07, 6.45) is 0. The predicted molar refractivity (Wildman–Crippen MR) is 82.8 cm³/mol. The van der Waals surface area contributed by atoms with Crippen LogP contribution in [0.3, 0.4) is 0 Å². The molecule has 0 unspecified atom stereocenters. The van der Waals surface area contributed by atoms with E-state index in [0.717, 1.165) is 15.7 Å². The maximum atomic E-state index is 12.4. The maximum absolute atomic E-state index is 12.4. The largest absolute Gasteiger partial charge is 0.311 e. The van der Waals surface area contributed by atoms with E-state index in [2.05, 4.69) is 22.0 Å². The van der Waals surface area contributed by atoms with Crippen molar-refractivity contribution in [3.8, 4) is 0 Å². The van der Waals surface area contributed by atoms with Crippen LogP contribution in [0.5, 0.6) is 0 Å². The van der Waals surface area contributed by atoms with Crippen LogP contribution in [0.15, 0.2) is 46.9 Å². The van der Waals surface area contributed by atoms with Gasteiger partial charge in [-0.1, -0.05) is 39.7 Å². The number of nitrogens with zero attached hydrogens (tertiary/aromatic N) is 1. The molecule has 0 heterocycles. The highest BCUT2D eigenvalue weighted by molar-refractivity contribution is 9.10. The molecular weight excluding hydrogens is 302 g/mol. The maximum Gasteiger partial charge on any atom is 0.258 e. The smallest absolute Gasteiger partial charge is 0.258 e. The number of halogens is 1. The van der Waals surface area contributed by atoms with Gasteiger partial charge in [-0.15, -0.1) is 0 Å². The number of amides is 1. The molecule has 0 fully saturated rings. The van der Waals surface area contributed by atoms with Gasteiger partial charge in [0.15, 0.2) is 0 Å². The van der Waals surface area contributed by atoms with Crippen LogP contribution in [0.25, 0.3) is 0 Å². The normalized spacial score (nSPS) is 10.3. The molecule has 0 aliphatic heterocycles. The van der Waals surface area contributed by atoms with E-state index in [9.17, 15) is 4.79 Å². The Balaban J connectivity index is 2.33. The summed E-state index contributed by atoms with van der Waals surface area (Å²) in [6.45, 7) is 4.07. The first kappa shape index (κ1) is 13.8. The molecule has 0 aromatic heterocycles. The summed E-state index contributed by atoms with van der Waals surface area (Å²) in [5.41, 5.74) is 3.92. The molecule has 0 aliphatic rings. The first-order chi connectivity index (χ1) is 8.99. The fraction of sp³-hybridized carbons (Fsp3) is 0.188. The van der Waals surface area contributed by atoms with E-state index in [1.807, 2.05) is 50.2 Å². The topological polar surface area (TPSA) is 20.3 Å². The van der Waals surface area contributed by atoms with Crippen molar-refractivity contribution in [3.63, 3.8) is 0 Å². The van der Waals surface area contributed by atoms with Crippen LogP contribution in [-0.2, 0) is 0 Å². The zero-order valence-corrected chi connectivity index (χ0v) is 12.9. The van der Waals surface area contributed by atoms with Gasteiger partial charge in [0.1, 0.15) is 0 Å². The first-order valence-electron chi connectivity index (χ1n) is 6.10. The average molecular weight is 318 g/mol. The van der Waals surface area contributed by atoms with Crippen molar-refractivity contribution >= 4 is 27.5 Å². The van der Waals surface area contributed by atoms with Gasteiger partial charge in [-0.05, 0) is 43.7 Å². The number of benzene rings is 2. The van der Waals surface area contributed by atoms with Crippen LogP contribution in [0.4, 0.5) is 5.69 Å². The fourth-order valence-corrected chi connectivity index (χ4v) is 2.51. The van der Waals surface area contributed by atoms with Gasteiger partial charge in [-0.2, -0.15) is 0 Å². The quantitative estimate of drug-likeness (QED) is 0.806. The van der Waals surface area contributed by atoms with Gasteiger partial charge in [-0.25, -0.2) is 0 Å². The Kier molecular flexibility index (Phi) is 4.05. The molecule has 98 valence electrons. The lowest BCUT2D eigenvalue weighted by atomic mass is 10.1. The van der Waals surface area contributed by atoms with E-state index >= 15 is 0 Å². The first-order valence-corrected chi connectivity index (χ1v) is 6.89. The molecule has 0 aliphatic carbocycles. The molecule has 2 nitrogen and oxygen atoms in total. The number of aryl methyl sites for hydroxylation is 2. The van der Waals surface area contributed by atoms with Crippen LogP contribution in [0.1, 0.15) is 21.5 Å². The summed E-state index contributed by atoms with van der Waals surface area (Å²) >= 11 is 3.39. The highest BCUT2D eigenvalue weighted by Gasteiger charge is 2.15. The zero-order valence-electron chi connectivity index (χ0n) is 11.3. The summed E-state index contributed by atoms with van der Waals surface area (Å²) in [7, 11) is 1.81. The van der Waals surface area contributed by atoms with Crippen LogP contribution in [-0.4, -0.2) is 13.0 Å². The second-order valence-electron chi connectivity index (χ2n) is 4.66. The summed E-state index contributed by atoms with van der Waals surface area (Å²) in [4.78, 5) is 14.1. The van der Waals surface area contributed by atoms with Crippen molar-refractivity contribution in [1.29, 1.82) is 0 Å². The lowest BCUT2D eigenvalue weighted by molar-refractivity contribution is 0.0993. The summed E-state index contributed by atoms with van der Waals surface area (Å²) < 4.78 is 0.910. The van der Waals surface area contributed by atoms with E-state index in [4.69, 9.17) is 0 Å². The molecule has 0 saturated heterocycles. The Bertz CT molecular complexity index is 622. The van der Waals surface area contributed by atoms with Gasteiger partial charge in [0.2, 0.25) is 0 Å². The second-order valence-corrected chi connectivity index (χ2v) is 5.58. The number of carbonyl (C=O) groups is 1. The molecular formula is C16H16BrNO. The molecule has 0 bridgehead atoms. The SMILES string of the molecule is Cc1ccc(N(C)C(=O)c2cccc(Br)c2)c(C)c1. The third kappa shape index (κ3) is 3.04. The summed E-state index contributed by atoms with van der Waals surface area (Å²) in [5, 5.41) is 0. The molecule has 0 spiro atoms. The highest BCUT2D eigenvalue weighted by Crippen LogP contribution is 2.22. The molecule has 0 radical (unpaired) electrons. The van der Waals surface area contributed by atoms with Crippen molar-refractivity contribution in [2.45, 2.75) is 13.8 Å². The van der Waals surface area contributed by atoms with Crippen molar-refractivity contribution in [2.75, 3.05) is 11.9 Å². The van der Waals surface area contributed by atoms with Gasteiger partial charge in [0.05, 0.1) is 0 Å². The molecule has 0 atom stereocenters. The average Bonchev–Trinajstić information content (AvgIpc) is 2.37. The monoisotopic (exact) mass is 317 g/mol. The molecule has 0 saturated carbocycles. The van der Waals surface area contributed by atoms with Gasteiger partial charge in [-0.3, -0.25) is 4.79 Å². The molecule has 0 N–H and O–H groups in total. The lowest BCUT2D eigenvalue weighted by Crippen LogP contribution is -2.26. The Morgan fingerprint density at radius 1 is 1.11 bits per heavy atom. The number of carbonyl (C=O) groups excluding carboxylic acids is 1. The molecule has 2 aromatic rings. The predicted octanol–water partition coefficient (Wildman–Crippen LogP) is 4.34. The van der Waals surface area contributed by atoms with Crippen LogP contribution in [0, 0.1) is 13.8 Å². The molecule has 3 heteroatoms. The Morgan fingerprint density at radius 3 is 2.47 bits per heavy atom. The number of hydrogen-bond acceptors (Lipinski definition) is 1. The minimum atomic E-state index is -0.00625. The molecule has 2 rings (SSSR count). The van der Waals surface area contributed by atoms with Crippen molar-refractivity contribution < 1.29 is 4.79 Å². The van der Waals surface area contributed by atoms with Gasteiger partial charge < -0.3 is 4.90 Å². The molecule has 2 aromatic carbocycles. The van der Waals surface area contributed by atoms with Crippen LogP contribution < -0.4 is 4.90 Å². The van der Waals surface area contributed by atoms with E-state index in [1.165, 1.54) is 5.56 Å². The van der Waals surface area contributed by atoms with E-state index in [0.29, 0.717) is 5.56 Å². The van der Waals surface area contributed by atoms with Gasteiger partial charge in [0.25, 0.3) is 5.91 Å². The molecule has 1 amide bonds. The lowest BCUT2D eigenvalue weighted by Gasteiger charge is -2.20. The second kappa shape index (κ2) is 5.57. The van der Waals surface area contributed by atoms with Crippen LogP contribution in [0.2, 0.25) is 0 Å². The Hall–Kier alpha value is -1.61. The molecule has 19 heavy (non-hydrogen) atoms. The minimum absolute atomic E-state index is 0.00625. The Morgan fingerprint density at radius 2 is 1.84 bits per heavy atom. The minimum Gasteiger partial charge on any atom is -0.311 e. The third-order valence-corrected chi connectivity index (χ3v) is 3.58.